The molecule has 0 saturated heterocycles. The first-order chi connectivity index (χ1) is 16.7. The summed E-state index contributed by atoms with van der Waals surface area (Å²) in [5.74, 6) is -1.31. The van der Waals surface area contributed by atoms with Gasteiger partial charge in [-0.05, 0) is 41.8 Å². The summed E-state index contributed by atoms with van der Waals surface area (Å²) in [7, 11) is 1.63. The molecule has 0 N–H and O–H groups in total. The van der Waals surface area contributed by atoms with Crippen molar-refractivity contribution in [3.63, 3.8) is 0 Å². The lowest BCUT2D eigenvalue weighted by molar-refractivity contribution is -0.153. The van der Waals surface area contributed by atoms with E-state index in [1.165, 1.54) is 0 Å². The number of carbonyl (C=O) groups is 2. The van der Waals surface area contributed by atoms with E-state index in [2.05, 4.69) is 0 Å². The van der Waals surface area contributed by atoms with Crippen molar-refractivity contribution in [3.8, 4) is 0 Å². The fraction of sp³-hybridized carbons (Fsp3) is 0.296. The van der Waals surface area contributed by atoms with Gasteiger partial charge in [-0.2, -0.15) is 0 Å². The minimum atomic E-state index is -1.03. The van der Waals surface area contributed by atoms with Gasteiger partial charge in [0.2, 0.25) is 11.9 Å². The van der Waals surface area contributed by atoms with Crippen LogP contribution >= 0.6 is 0 Å². The molecule has 2 heterocycles. The first-order valence-corrected chi connectivity index (χ1v) is 11.6. The number of fused-ring (bicyclic) bond motifs is 4. The Labute approximate surface area is 197 Å². The molecule has 1 aliphatic rings. The minimum absolute atomic E-state index is 0.200. The highest BCUT2D eigenvalue weighted by Gasteiger charge is 2.48. The van der Waals surface area contributed by atoms with Crippen LogP contribution in [0.15, 0.2) is 66.7 Å². The van der Waals surface area contributed by atoms with Crippen molar-refractivity contribution in [2.75, 3.05) is 31.8 Å². The lowest BCUT2D eigenvalue weighted by atomic mass is 9.86. The van der Waals surface area contributed by atoms with Gasteiger partial charge in [0.25, 0.3) is 0 Å². The fourth-order valence-corrected chi connectivity index (χ4v) is 4.91. The van der Waals surface area contributed by atoms with Crippen molar-refractivity contribution in [2.45, 2.75) is 19.4 Å². The number of anilines is 1. The van der Waals surface area contributed by atoms with E-state index in [-0.39, 0.29) is 12.5 Å². The normalized spacial score (nSPS) is 17.8. The quantitative estimate of drug-likeness (QED) is 0.234. The summed E-state index contributed by atoms with van der Waals surface area (Å²) in [6.07, 6.45) is 0.625. The van der Waals surface area contributed by atoms with Crippen molar-refractivity contribution < 1.29 is 19.1 Å². The fourth-order valence-electron chi connectivity index (χ4n) is 4.91. The molecule has 0 radical (unpaired) electrons. The Hall–Kier alpha value is -3.71. The van der Waals surface area contributed by atoms with Crippen LogP contribution in [0.2, 0.25) is 0 Å². The molecule has 0 aliphatic carbocycles. The minimum Gasteiger partial charge on any atom is -0.465 e. The number of benzene rings is 3. The van der Waals surface area contributed by atoms with Crippen molar-refractivity contribution in [3.05, 3.63) is 72.3 Å². The Bertz CT molecular complexity index is 1360. The number of hydrogen-bond donors (Lipinski definition) is 0. The van der Waals surface area contributed by atoms with E-state index in [0.717, 1.165) is 27.4 Å². The van der Waals surface area contributed by atoms with E-state index < -0.39 is 17.9 Å². The van der Waals surface area contributed by atoms with Crippen LogP contribution in [0, 0.1) is 5.92 Å². The third-order valence-electron chi connectivity index (χ3n) is 6.36. The molecule has 1 aliphatic heterocycles. The van der Waals surface area contributed by atoms with Gasteiger partial charge in [-0.3, -0.25) is 14.5 Å². The molecule has 34 heavy (non-hydrogen) atoms. The topological polar surface area (TPSA) is 73.7 Å². The SMILES string of the molecule is CCOC(=O)[C@@H]1C(=O)N(CCCOC)c2nc3ccccc3n2[C@H]1c1cccc2ccccc12. The second-order valence-corrected chi connectivity index (χ2v) is 8.35. The maximum atomic E-state index is 13.9. The maximum absolute atomic E-state index is 13.9. The number of esters is 1. The van der Waals surface area contributed by atoms with Crippen LogP contribution in [-0.2, 0) is 19.1 Å². The number of aromatic nitrogens is 2. The molecule has 7 nitrogen and oxygen atoms in total. The molecule has 3 aromatic carbocycles. The number of amides is 1. The van der Waals surface area contributed by atoms with Crippen LogP contribution in [0.4, 0.5) is 5.95 Å². The Morgan fingerprint density at radius 2 is 1.79 bits per heavy atom. The summed E-state index contributed by atoms with van der Waals surface area (Å²) >= 11 is 0. The summed E-state index contributed by atoms with van der Waals surface area (Å²) in [5.41, 5.74) is 2.54. The van der Waals surface area contributed by atoms with Gasteiger partial charge in [-0.1, -0.05) is 54.6 Å². The van der Waals surface area contributed by atoms with Gasteiger partial charge in [-0.15, -0.1) is 0 Å². The summed E-state index contributed by atoms with van der Waals surface area (Å²) in [4.78, 5) is 33.7. The average molecular weight is 458 g/mol. The van der Waals surface area contributed by atoms with E-state index >= 15 is 0 Å². The lowest BCUT2D eigenvalue weighted by Gasteiger charge is -2.38. The molecule has 1 aromatic heterocycles. The zero-order valence-corrected chi connectivity index (χ0v) is 19.3. The average Bonchev–Trinajstić information content (AvgIpc) is 3.24. The summed E-state index contributed by atoms with van der Waals surface area (Å²) in [6, 6.07) is 21.2. The second kappa shape index (κ2) is 9.27. The first-order valence-electron chi connectivity index (χ1n) is 11.6. The van der Waals surface area contributed by atoms with Crippen molar-refractivity contribution in [1.82, 2.24) is 9.55 Å². The Morgan fingerprint density at radius 1 is 1.03 bits per heavy atom. The molecular formula is C27H27N3O4. The largest absolute Gasteiger partial charge is 0.465 e. The number of methoxy groups -OCH3 is 1. The summed E-state index contributed by atoms with van der Waals surface area (Å²) < 4.78 is 12.7. The third kappa shape index (κ3) is 3.62. The van der Waals surface area contributed by atoms with E-state index in [1.807, 2.05) is 71.3 Å². The number of rotatable bonds is 7. The van der Waals surface area contributed by atoms with Crippen LogP contribution in [0.1, 0.15) is 24.9 Å². The molecule has 5 rings (SSSR count). The molecule has 4 aromatic rings. The van der Waals surface area contributed by atoms with Crippen LogP contribution in [-0.4, -0.2) is 48.3 Å². The van der Waals surface area contributed by atoms with Crippen molar-refractivity contribution in [1.29, 1.82) is 0 Å². The number of para-hydroxylation sites is 2. The molecule has 0 saturated carbocycles. The highest BCUT2D eigenvalue weighted by molar-refractivity contribution is 6.09. The third-order valence-corrected chi connectivity index (χ3v) is 6.36. The predicted molar refractivity (Wildman–Crippen MR) is 131 cm³/mol. The van der Waals surface area contributed by atoms with Crippen LogP contribution in [0.5, 0.6) is 0 Å². The standard InChI is InChI=1S/C27H27N3O4/c1-3-34-26(32)23-24(20-13-8-11-18-10-4-5-12-19(18)20)30-22-15-7-6-14-21(22)28-27(30)29(25(23)31)16-9-17-33-2/h4-8,10-15,23-24H,3,9,16-17H2,1-2H3/t23-,24-/m0/s1. The van der Waals surface area contributed by atoms with Gasteiger partial charge < -0.3 is 14.0 Å². The first kappa shape index (κ1) is 22.1. The zero-order chi connectivity index (χ0) is 23.7. The Balaban J connectivity index is 1.79. The van der Waals surface area contributed by atoms with Crippen molar-refractivity contribution >= 4 is 39.6 Å². The maximum Gasteiger partial charge on any atom is 0.321 e. The smallest absolute Gasteiger partial charge is 0.321 e. The van der Waals surface area contributed by atoms with Crippen LogP contribution in [0.3, 0.4) is 0 Å². The molecule has 174 valence electrons. The Morgan fingerprint density at radius 3 is 2.62 bits per heavy atom. The van der Waals surface area contributed by atoms with E-state index in [1.54, 1.807) is 18.9 Å². The van der Waals surface area contributed by atoms with Crippen LogP contribution < -0.4 is 4.90 Å². The molecule has 0 unspecified atom stereocenters. The number of carbonyl (C=O) groups excluding carboxylic acids is 2. The number of nitrogens with zero attached hydrogens (tertiary/aromatic N) is 3. The molecule has 0 fully saturated rings. The van der Waals surface area contributed by atoms with Gasteiger partial charge >= 0.3 is 5.97 Å². The Kier molecular flexibility index (Phi) is 6.02. The molecule has 2 atom stereocenters. The molecule has 0 bridgehead atoms. The van der Waals surface area contributed by atoms with Gasteiger partial charge in [-0.25, -0.2) is 4.98 Å². The summed E-state index contributed by atoms with van der Waals surface area (Å²) in [6.45, 7) is 2.85. The van der Waals surface area contributed by atoms with Gasteiger partial charge in [0.15, 0.2) is 5.92 Å². The second-order valence-electron chi connectivity index (χ2n) is 8.35. The predicted octanol–water partition coefficient (Wildman–Crippen LogP) is 4.34. The lowest BCUT2D eigenvalue weighted by Crippen LogP contribution is -2.50. The highest BCUT2D eigenvalue weighted by atomic mass is 16.5. The molecule has 0 spiro atoms. The number of imidazole rings is 1. The van der Waals surface area contributed by atoms with E-state index in [4.69, 9.17) is 14.5 Å². The van der Waals surface area contributed by atoms with Crippen LogP contribution in [0.25, 0.3) is 21.8 Å². The molecular weight excluding hydrogens is 430 g/mol. The molecule has 1 amide bonds. The van der Waals surface area contributed by atoms with E-state index in [9.17, 15) is 9.59 Å². The van der Waals surface area contributed by atoms with Crippen molar-refractivity contribution in [2.24, 2.45) is 5.92 Å². The molecule has 7 heteroatoms. The van der Waals surface area contributed by atoms with Gasteiger partial charge in [0.05, 0.1) is 23.7 Å². The van der Waals surface area contributed by atoms with E-state index in [0.29, 0.717) is 25.5 Å². The van der Waals surface area contributed by atoms with Gasteiger partial charge in [0.1, 0.15) is 0 Å². The summed E-state index contributed by atoms with van der Waals surface area (Å²) in [5, 5.41) is 2.04. The highest BCUT2D eigenvalue weighted by Crippen LogP contribution is 2.43. The van der Waals surface area contributed by atoms with Gasteiger partial charge in [0, 0.05) is 20.3 Å². The number of hydrogen-bond acceptors (Lipinski definition) is 5. The monoisotopic (exact) mass is 457 g/mol. The zero-order valence-electron chi connectivity index (χ0n) is 19.3. The number of ether oxygens (including phenoxy) is 2.